The van der Waals surface area contributed by atoms with Gasteiger partial charge in [-0.2, -0.15) is 0 Å². The maximum Gasteiger partial charge on any atom is 0.319 e. The van der Waals surface area contributed by atoms with Gasteiger partial charge in [-0.1, -0.05) is 30.3 Å². The topological polar surface area (TPSA) is 60.5 Å². The first-order valence-electron chi connectivity index (χ1n) is 10.1. The molecule has 2 amide bonds. The lowest BCUT2D eigenvalue weighted by Crippen LogP contribution is -2.41. The van der Waals surface area contributed by atoms with E-state index in [4.69, 9.17) is 0 Å². The Morgan fingerprint density at radius 1 is 1.20 bits per heavy atom. The maximum atomic E-state index is 12.5. The highest BCUT2D eigenvalue weighted by molar-refractivity contribution is 7.10. The lowest BCUT2D eigenvalue weighted by molar-refractivity contribution is 0.177. The lowest BCUT2D eigenvalue weighted by atomic mass is 10.0. The van der Waals surface area contributed by atoms with Crippen LogP contribution in [0, 0.1) is 0 Å². The Labute approximate surface area is 181 Å². The Bertz CT molecular complexity index is 971. The Morgan fingerprint density at radius 3 is 2.77 bits per heavy atom. The first-order chi connectivity index (χ1) is 14.6. The summed E-state index contributed by atoms with van der Waals surface area (Å²) in [4.78, 5) is 22.7. The van der Waals surface area contributed by atoms with Gasteiger partial charge in [0.25, 0.3) is 0 Å². The molecule has 0 spiro atoms. The highest BCUT2D eigenvalue weighted by Crippen LogP contribution is 2.30. The van der Waals surface area contributed by atoms with E-state index >= 15 is 0 Å². The number of anilines is 2. The second-order valence-electron chi connectivity index (χ2n) is 7.65. The zero-order valence-corrected chi connectivity index (χ0v) is 18.2. The van der Waals surface area contributed by atoms with E-state index < -0.39 is 0 Å². The molecule has 156 valence electrons. The number of aromatic nitrogens is 1. The van der Waals surface area contributed by atoms with Gasteiger partial charge in [-0.25, -0.2) is 9.78 Å². The smallest absolute Gasteiger partial charge is 0.319 e. The van der Waals surface area contributed by atoms with E-state index in [-0.39, 0.29) is 12.1 Å². The molecule has 0 saturated carbocycles. The van der Waals surface area contributed by atoms with E-state index in [9.17, 15) is 4.79 Å². The van der Waals surface area contributed by atoms with Crippen LogP contribution in [0.3, 0.4) is 0 Å². The van der Waals surface area contributed by atoms with Crippen LogP contribution in [0.5, 0.6) is 0 Å². The molecule has 4 rings (SSSR count). The van der Waals surface area contributed by atoms with E-state index in [1.165, 1.54) is 16.0 Å². The molecule has 1 aliphatic rings. The number of nitrogens with one attached hydrogen (secondary N) is 2. The molecule has 2 aromatic heterocycles. The third-order valence-electron chi connectivity index (χ3n) is 5.38. The summed E-state index contributed by atoms with van der Waals surface area (Å²) in [6.07, 6.45) is 2.73. The van der Waals surface area contributed by atoms with Crippen LogP contribution in [0.25, 0.3) is 0 Å². The van der Waals surface area contributed by atoms with E-state index in [2.05, 4.69) is 56.2 Å². The predicted octanol–water partition coefficient (Wildman–Crippen LogP) is 4.13. The van der Waals surface area contributed by atoms with E-state index in [1.54, 1.807) is 6.20 Å². The number of nitrogens with zero attached hydrogens (tertiary/aromatic N) is 3. The average Bonchev–Trinajstić information content (AvgIpc) is 3.23. The minimum Gasteiger partial charge on any atom is -0.363 e. The zero-order valence-electron chi connectivity index (χ0n) is 17.3. The van der Waals surface area contributed by atoms with Crippen LogP contribution in [-0.4, -0.2) is 43.1 Å². The molecule has 3 heterocycles. The summed E-state index contributed by atoms with van der Waals surface area (Å²) in [7, 11) is 3.87. The standard InChI is InChI=1S/C23H27N5OS/c1-27(2)22-9-8-19(14-24-22)26-23(29)25-15-20(17-6-4-3-5-7-17)28-12-10-21-18(16-28)11-13-30-21/h3-9,11,13-14,20H,10,12,15-16H2,1-2H3,(H2,25,26,29)/t20-/m1/s1. The fraction of sp³-hybridized carbons (Fsp3) is 0.304. The maximum absolute atomic E-state index is 12.5. The van der Waals surface area contributed by atoms with Gasteiger partial charge < -0.3 is 15.5 Å². The first kappa shape index (κ1) is 20.4. The molecule has 0 aliphatic carbocycles. The number of urea groups is 1. The van der Waals surface area contributed by atoms with Gasteiger partial charge in [-0.05, 0) is 41.1 Å². The van der Waals surface area contributed by atoms with Gasteiger partial charge in [-0.3, -0.25) is 4.90 Å². The normalized spacial score (nSPS) is 14.6. The highest BCUT2D eigenvalue weighted by Gasteiger charge is 2.25. The fourth-order valence-corrected chi connectivity index (χ4v) is 4.65. The summed E-state index contributed by atoms with van der Waals surface area (Å²) in [5.74, 6) is 0.850. The summed E-state index contributed by atoms with van der Waals surface area (Å²) in [6, 6.07) is 16.3. The van der Waals surface area contributed by atoms with Gasteiger partial charge in [0.2, 0.25) is 0 Å². The van der Waals surface area contributed by atoms with Crippen LogP contribution in [0.1, 0.15) is 22.0 Å². The molecular weight excluding hydrogens is 394 g/mol. The quantitative estimate of drug-likeness (QED) is 0.628. The van der Waals surface area contributed by atoms with Crippen LogP contribution < -0.4 is 15.5 Å². The van der Waals surface area contributed by atoms with Crippen LogP contribution in [-0.2, 0) is 13.0 Å². The summed E-state index contributed by atoms with van der Waals surface area (Å²) >= 11 is 1.84. The number of hydrogen-bond acceptors (Lipinski definition) is 5. The zero-order chi connectivity index (χ0) is 20.9. The number of amides is 2. The van der Waals surface area contributed by atoms with Crippen molar-refractivity contribution in [1.82, 2.24) is 15.2 Å². The first-order valence-corrected chi connectivity index (χ1v) is 11.0. The van der Waals surface area contributed by atoms with E-state index in [1.807, 2.05) is 48.5 Å². The Hall–Kier alpha value is -2.90. The number of carbonyl (C=O) groups is 1. The SMILES string of the molecule is CN(C)c1ccc(NC(=O)NC[C@H](c2ccccc2)N2CCc3sccc3C2)cn1. The number of thiophene rings is 1. The van der Waals surface area contributed by atoms with Crippen molar-refractivity contribution in [3.05, 3.63) is 76.1 Å². The minimum atomic E-state index is -0.219. The van der Waals surface area contributed by atoms with Crippen molar-refractivity contribution < 1.29 is 4.79 Å². The van der Waals surface area contributed by atoms with E-state index in [0.717, 1.165) is 25.3 Å². The number of carbonyl (C=O) groups excluding carboxylic acids is 1. The van der Waals surface area contributed by atoms with Gasteiger partial charge in [0, 0.05) is 38.6 Å². The third-order valence-corrected chi connectivity index (χ3v) is 6.41. The molecule has 6 nitrogen and oxygen atoms in total. The molecule has 0 saturated heterocycles. The van der Waals surface area contributed by atoms with Crippen molar-refractivity contribution in [2.24, 2.45) is 0 Å². The lowest BCUT2D eigenvalue weighted by Gasteiger charge is -2.35. The van der Waals surface area contributed by atoms with Gasteiger partial charge in [-0.15, -0.1) is 11.3 Å². The van der Waals surface area contributed by atoms with Crippen LogP contribution in [0.4, 0.5) is 16.3 Å². The molecule has 30 heavy (non-hydrogen) atoms. The summed E-state index contributed by atoms with van der Waals surface area (Å²) in [6.45, 7) is 2.45. The fourth-order valence-electron chi connectivity index (χ4n) is 3.76. The Kier molecular flexibility index (Phi) is 6.30. The number of rotatable bonds is 6. The van der Waals surface area contributed by atoms with Crippen molar-refractivity contribution in [2.45, 2.75) is 19.0 Å². The Morgan fingerprint density at radius 2 is 2.03 bits per heavy atom. The molecule has 1 aliphatic heterocycles. The van der Waals surface area contributed by atoms with Crippen LogP contribution in [0.2, 0.25) is 0 Å². The van der Waals surface area contributed by atoms with Crippen LogP contribution >= 0.6 is 11.3 Å². The number of fused-ring (bicyclic) bond motifs is 1. The molecule has 7 heteroatoms. The summed E-state index contributed by atoms with van der Waals surface area (Å²) in [5, 5.41) is 8.11. The van der Waals surface area contributed by atoms with Gasteiger partial charge in [0.1, 0.15) is 5.82 Å². The van der Waals surface area contributed by atoms with E-state index in [0.29, 0.717) is 12.2 Å². The molecule has 2 N–H and O–H groups in total. The Balaban J connectivity index is 1.41. The molecule has 3 aromatic rings. The predicted molar refractivity (Wildman–Crippen MR) is 123 cm³/mol. The monoisotopic (exact) mass is 421 g/mol. The molecule has 0 radical (unpaired) electrons. The second-order valence-corrected chi connectivity index (χ2v) is 8.65. The second kappa shape index (κ2) is 9.28. The van der Waals surface area contributed by atoms with Crippen molar-refractivity contribution in [2.75, 3.05) is 37.4 Å². The van der Waals surface area contributed by atoms with Gasteiger partial charge in [0.05, 0.1) is 17.9 Å². The van der Waals surface area contributed by atoms with Crippen molar-refractivity contribution in [1.29, 1.82) is 0 Å². The molecule has 1 aromatic carbocycles. The highest BCUT2D eigenvalue weighted by atomic mass is 32.1. The average molecular weight is 422 g/mol. The van der Waals surface area contributed by atoms with Crippen molar-refractivity contribution in [3.8, 4) is 0 Å². The third kappa shape index (κ3) is 4.80. The molecule has 0 fully saturated rings. The minimum absolute atomic E-state index is 0.124. The molecule has 0 bridgehead atoms. The molecular formula is C23H27N5OS. The largest absolute Gasteiger partial charge is 0.363 e. The molecule has 1 atom stereocenters. The summed E-state index contributed by atoms with van der Waals surface area (Å²) in [5.41, 5.74) is 3.30. The number of hydrogen-bond donors (Lipinski definition) is 2. The van der Waals surface area contributed by atoms with Crippen molar-refractivity contribution in [3.63, 3.8) is 0 Å². The number of benzene rings is 1. The summed E-state index contributed by atoms with van der Waals surface area (Å²) < 4.78 is 0. The number of pyridine rings is 1. The van der Waals surface area contributed by atoms with Crippen molar-refractivity contribution >= 4 is 28.9 Å². The van der Waals surface area contributed by atoms with Crippen LogP contribution in [0.15, 0.2) is 60.1 Å². The van der Waals surface area contributed by atoms with Gasteiger partial charge >= 0.3 is 6.03 Å². The molecule has 0 unspecified atom stereocenters. The van der Waals surface area contributed by atoms with Gasteiger partial charge in [0.15, 0.2) is 0 Å².